The summed E-state index contributed by atoms with van der Waals surface area (Å²) >= 11 is 12.7. The van der Waals surface area contributed by atoms with Crippen molar-refractivity contribution in [1.29, 1.82) is 0 Å². The molecule has 0 radical (unpaired) electrons. The smallest absolute Gasteiger partial charge is 0.225 e. The van der Waals surface area contributed by atoms with Crippen LogP contribution in [-0.4, -0.2) is 49.5 Å². The summed E-state index contributed by atoms with van der Waals surface area (Å²) in [7, 11) is 0. The largest absolute Gasteiger partial charge is 0.369 e. The van der Waals surface area contributed by atoms with E-state index in [1.165, 1.54) is 17.7 Å². The first-order valence-electron chi connectivity index (χ1n) is 14.3. The van der Waals surface area contributed by atoms with Gasteiger partial charge in [-0.25, -0.2) is 14.4 Å². The fourth-order valence-corrected chi connectivity index (χ4v) is 6.68. The van der Waals surface area contributed by atoms with Crippen molar-refractivity contribution in [2.24, 2.45) is 11.7 Å². The Hall–Kier alpha value is -3.47. The second-order valence-electron chi connectivity index (χ2n) is 11.2. The van der Waals surface area contributed by atoms with E-state index in [4.69, 9.17) is 38.9 Å². The number of amides is 1. The molecule has 3 heterocycles. The molecule has 4 N–H and O–H groups in total. The first-order chi connectivity index (χ1) is 20.3. The summed E-state index contributed by atoms with van der Waals surface area (Å²) in [6, 6.07) is 13.1. The summed E-state index contributed by atoms with van der Waals surface area (Å²) in [5.74, 6) is 0.0622. The van der Waals surface area contributed by atoms with E-state index in [1.807, 2.05) is 10.6 Å². The lowest BCUT2D eigenvalue weighted by Crippen LogP contribution is -2.41. The first-order valence-corrected chi connectivity index (χ1v) is 15.1. The molecule has 1 saturated carbocycles. The number of nitrogens with two attached hydrogens (primary N) is 1. The maximum absolute atomic E-state index is 13.9. The molecule has 1 aliphatic heterocycles. The third kappa shape index (κ3) is 6.30. The van der Waals surface area contributed by atoms with Crippen LogP contribution in [0.25, 0.3) is 11.2 Å². The van der Waals surface area contributed by atoms with Crippen molar-refractivity contribution in [3.63, 3.8) is 0 Å². The van der Waals surface area contributed by atoms with Gasteiger partial charge >= 0.3 is 0 Å². The molecule has 1 amide bonds. The number of nitrogens with zero attached hydrogens (tertiary/aromatic N) is 5. The standard InChI is InChI=1S/C30H33Cl2FN8O/c31-23-13-20(33)14-24(32)26(23)38-30-37-25-15-35-29(39-28(25)41(30)22-10-8-19(9-11-22)27(34)42)36-21-7-4-12-40(17-21)16-18-5-2-1-3-6-18/h1-3,5-6,13-15,19,21-22H,4,7-12,16-17H2,(H2,34,42)(H,37,38)(H,35,36,39)/t19-,21-,22+/m1/s1. The minimum atomic E-state index is -0.527. The molecular weight excluding hydrogens is 578 g/mol. The molecule has 2 aromatic heterocycles. The lowest BCUT2D eigenvalue weighted by Gasteiger charge is -2.33. The third-order valence-electron chi connectivity index (χ3n) is 8.23. The highest BCUT2D eigenvalue weighted by Gasteiger charge is 2.30. The Kier molecular flexibility index (Phi) is 8.46. The van der Waals surface area contributed by atoms with Crippen molar-refractivity contribution in [1.82, 2.24) is 24.4 Å². The monoisotopic (exact) mass is 610 g/mol. The normalized spacial score (nSPS) is 21.4. The molecule has 2 fully saturated rings. The molecular formula is C30H33Cl2FN8O. The molecule has 42 heavy (non-hydrogen) atoms. The quantitative estimate of drug-likeness (QED) is 0.214. The van der Waals surface area contributed by atoms with Crippen LogP contribution in [0.1, 0.15) is 50.1 Å². The summed E-state index contributed by atoms with van der Waals surface area (Å²) < 4.78 is 15.9. The molecule has 1 aliphatic carbocycles. The topological polar surface area (TPSA) is 114 Å². The Bertz CT molecular complexity index is 1550. The fraction of sp³-hybridized carbons (Fsp3) is 0.400. The van der Waals surface area contributed by atoms with E-state index in [0.29, 0.717) is 41.6 Å². The number of likely N-dealkylation sites (tertiary alicyclic amines) is 1. The van der Waals surface area contributed by atoms with Gasteiger partial charge in [-0.1, -0.05) is 53.5 Å². The number of fused-ring (bicyclic) bond motifs is 1. The first kappa shape index (κ1) is 28.6. The minimum Gasteiger partial charge on any atom is -0.369 e. The zero-order valence-electron chi connectivity index (χ0n) is 23.1. The van der Waals surface area contributed by atoms with Crippen LogP contribution in [0.2, 0.25) is 10.0 Å². The van der Waals surface area contributed by atoms with Crippen molar-refractivity contribution in [3.8, 4) is 0 Å². The summed E-state index contributed by atoms with van der Waals surface area (Å²) in [5.41, 5.74) is 8.51. The van der Waals surface area contributed by atoms with Gasteiger partial charge in [0.15, 0.2) is 5.65 Å². The highest BCUT2D eigenvalue weighted by atomic mass is 35.5. The molecule has 2 aliphatic rings. The number of hydrogen-bond acceptors (Lipinski definition) is 7. The third-order valence-corrected chi connectivity index (χ3v) is 8.82. The number of aromatic nitrogens is 4. The number of benzene rings is 2. The van der Waals surface area contributed by atoms with Gasteiger partial charge in [-0.3, -0.25) is 14.3 Å². The molecule has 4 aromatic rings. The van der Waals surface area contributed by atoms with Crippen LogP contribution in [0.4, 0.5) is 22.0 Å². The van der Waals surface area contributed by atoms with Crippen LogP contribution in [0.5, 0.6) is 0 Å². The van der Waals surface area contributed by atoms with E-state index in [0.717, 1.165) is 45.3 Å². The lowest BCUT2D eigenvalue weighted by molar-refractivity contribution is -0.122. The van der Waals surface area contributed by atoms with Gasteiger partial charge < -0.3 is 16.4 Å². The molecule has 12 heteroatoms. The molecule has 6 rings (SSSR count). The molecule has 1 saturated heterocycles. The number of nitrogens with one attached hydrogen (secondary N) is 2. The number of carbonyl (C=O) groups excluding carboxylic acids is 1. The maximum atomic E-state index is 13.9. The van der Waals surface area contributed by atoms with E-state index < -0.39 is 5.82 Å². The Labute approximate surface area is 253 Å². The van der Waals surface area contributed by atoms with Crippen molar-refractivity contribution in [2.45, 2.75) is 57.2 Å². The van der Waals surface area contributed by atoms with Crippen LogP contribution in [0, 0.1) is 11.7 Å². The number of carbonyl (C=O) groups is 1. The van der Waals surface area contributed by atoms with E-state index in [-0.39, 0.29) is 34.0 Å². The van der Waals surface area contributed by atoms with Crippen molar-refractivity contribution >= 4 is 57.9 Å². The highest BCUT2D eigenvalue weighted by molar-refractivity contribution is 6.39. The van der Waals surface area contributed by atoms with Crippen molar-refractivity contribution < 1.29 is 9.18 Å². The predicted octanol–water partition coefficient (Wildman–Crippen LogP) is 6.31. The van der Waals surface area contributed by atoms with Gasteiger partial charge in [0.2, 0.25) is 17.8 Å². The summed E-state index contributed by atoms with van der Waals surface area (Å²) in [6.07, 6.45) is 6.61. The number of piperidine rings is 1. The molecule has 220 valence electrons. The maximum Gasteiger partial charge on any atom is 0.225 e. The molecule has 2 aromatic carbocycles. The lowest BCUT2D eigenvalue weighted by atomic mass is 9.85. The molecule has 9 nitrogen and oxygen atoms in total. The number of primary amides is 1. The minimum absolute atomic E-state index is 0.00453. The zero-order valence-corrected chi connectivity index (χ0v) is 24.6. The second-order valence-corrected chi connectivity index (χ2v) is 12.0. The van der Waals surface area contributed by atoms with Crippen LogP contribution in [0.15, 0.2) is 48.7 Å². The van der Waals surface area contributed by atoms with Crippen LogP contribution >= 0.6 is 23.2 Å². The van der Waals surface area contributed by atoms with Crippen molar-refractivity contribution in [3.05, 3.63) is 70.1 Å². The molecule has 0 bridgehead atoms. The van der Waals surface area contributed by atoms with Crippen molar-refractivity contribution in [2.75, 3.05) is 23.7 Å². The number of rotatable bonds is 8. The highest BCUT2D eigenvalue weighted by Crippen LogP contribution is 2.39. The number of hydrogen-bond donors (Lipinski definition) is 3. The number of anilines is 3. The van der Waals surface area contributed by atoms with Gasteiger partial charge in [-0.15, -0.1) is 0 Å². The van der Waals surface area contributed by atoms with Gasteiger partial charge in [0, 0.05) is 31.1 Å². The van der Waals surface area contributed by atoms with Crippen LogP contribution in [-0.2, 0) is 11.3 Å². The summed E-state index contributed by atoms with van der Waals surface area (Å²) in [4.78, 5) is 28.6. The molecule has 1 atom stereocenters. The molecule has 0 unspecified atom stereocenters. The summed E-state index contributed by atoms with van der Waals surface area (Å²) in [6.45, 7) is 2.85. The van der Waals surface area contributed by atoms with Gasteiger partial charge in [-0.2, -0.15) is 4.98 Å². The second kappa shape index (κ2) is 12.4. The summed E-state index contributed by atoms with van der Waals surface area (Å²) in [5, 5.41) is 7.06. The average Bonchev–Trinajstić information content (AvgIpc) is 3.33. The van der Waals surface area contributed by atoms with Gasteiger partial charge in [0.05, 0.1) is 21.9 Å². The Balaban J connectivity index is 1.28. The Morgan fingerprint density at radius 1 is 1.05 bits per heavy atom. The Morgan fingerprint density at radius 3 is 2.50 bits per heavy atom. The average molecular weight is 612 g/mol. The van der Waals surface area contributed by atoms with E-state index in [9.17, 15) is 9.18 Å². The van der Waals surface area contributed by atoms with Gasteiger partial charge in [0.25, 0.3) is 0 Å². The van der Waals surface area contributed by atoms with Crippen LogP contribution < -0.4 is 16.4 Å². The van der Waals surface area contributed by atoms with E-state index >= 15 is 0 Å². The SMILES string of the molecule is NC(=O)[C@H]1CC[C@@H](n2c(Nc3c(Cl)cc(F)cc3Cl)nc3cnc(N[C@@H]4CCCN(Cc5ccccc5)C4)nc32)CC1. The van der Waals surface area contributed by atoms with E-state index in [1.54, 1.807) is 6.20 Å². The zero-order chi connectivity index (χ0) is 29.2. The van der Waals surface area contributed by atoms with Gasteiger partial charge in [-0.05, 0) is 62.8 Å². The Morgan fingerprint density at radius 2 is 1.79 bits per heavy atom. The fourth-order valence-electron chi connectivity index (χ4n) is 6.13. The number of halogens is 3. The van der Waals surface area contributed by atoms with Gasteiger partial charge in [0.1, 0.15) is 11.3 Å². The molecule has 0 spiro atoms. The van der Waals surface area contributed by atoms with E-state index in [2.05, 4.69) is 44.8 Å². The number of imidazole rings is 1. The predicted molar refractivity (Wildman–Crippen MR) is 164 cm³/mol. The van der Waals surface area contributed by atoms with Crippen LogP contribution in [0.3, 0.4) is 0 Å².